The summed E-state index contributed by atoms with van der Waals surface area (Å²) >= 11 is 1.67. The first-order valence-electron chi connectivity index (χ1n) is 5.79. The summed E-state index contributed by atoms with van der Waals surface area (Å²) in [5, 5.41) is 11.5. The number of carbonyl (C=O) groups excluding carboxylic acids is 1. The number of rotatable bonds is 3. The van der Waals surface area contributed by atoms with Crippen LogP contribution in [0.4, 0.5) is 4.79 Å². The lowest BCUT2D eigenvalue weighted by Crippen LogP contribution is -2.55. The third kappa shape index (κ3) is 2.64. The van der Waals surface area contributed by atoms with Crippen LogP contribution >= 0.6 is 11.3 Å². The molecule has 0 aromatic carbocycles. The van der Waals surface area contributed by atoms with Gasteiger partial charge in [0, 0.05) is 22.8 Å². The van der Waals surface area contributed by atoms with Gasteiger partial charge in [-0.25, -0.2) is 4.79 Å². The van der Waals surface area contributed by atoms with Crippen molar-refractivity contribution in [3.05, 3.63) is 21.4 Å². The first-order valence-corrected chi connectivity index (χ1v) is 6.60. The summed E-state index contributed by atoms with van der Waals surface area (Å²) in [6.45, 7) is 5.22. The van der Waals surface area contributed by atoms with Crippen LogP contribution < -0.4 is 5.32 Å². The Bertz CT molecular complexity index is 458. The van der Waals surface area contributed by atoms with E-state index in [9.17, 15) is 9.59 Å². The summed E-state index contributed by atoms with van der Waals surface area (Å²) in [5.74, 6) is -1.23. The maximum atomic E-state index is 11.7. The van der Waals surface area contributed by atoms with Gasteiger partial charge in [-0.1, -0.05) is 0 Å². The Kier molecular flexibility index (Phi) is 3.56. The number of hydrogen-bond acceptors (Lipinski definition) is 3. The average molecular weight is 268 g/mol. The summed E-state index contributed by atoms with van der Waals surface area (Å²) in [5.41, 5.74) is 1.24. The molecule has 6 heteroatoms. The highest BCUT2D eigenvalue weighted by Gasteiger charge is 2.35. The van der Waals surface area contributed by atoms with Gasteiger partial charge in [-0.15, -0.1) is 11.3 Å². The third-order valence-corrected chi connectivity index (χ3v) is 4.30. The molecule has 1 aromatic rings. The van der Waals surface area contributed by atoms with Crippen molar-refractivity contribution in [2.75, 3.05) is 13.1 Å². The Hall–Kier alpha value is -1.56. The fourth-order valence-corrected chi connectivity index (χ4v) is 2.81. The van der Waals surface area contributed by atoms with Crippen molar-refractivity contribution >= 4 is 23.3 Å². The van der Waals surface area contributed by atoms with E-state index in [1.165, 1.54) is 15.3 Å². The van der Waals surface area contributed by atoms with Crippen LogP contribution in [0.1, 0.15) is 15.3 Å². The molecule has 2 amide bonds. The van der Waals surface area contributed by atoms with Crippen molar-refractivity contribution in [3.8, 4) is 0 Å². The van der Waals surface area contributed by atoms with Crippen molar-refractivity contribution in [1.82, 2.24) is 10.2 Å². The zero-order valence-electron chi connectivity index (χ0n) is 10.4. The fraction of sp³-hybridized carbons (Fsp3) is 0.500. The molecule has 1 aliphatic rings. The number of aliphatic carboxylic acids is 1. The van der Waals surface area contributed by atoms with E-state index in [1.807, 2.05) is 6.92 Å². The number of carboxylic acids is 1. The molecule has 18 heavy (non-hydrogen) atoms. The van der Waals surface area contributed by atoms with Gasteiger partial charge in [-0.3, -0.25) is 4.79 Å². The predicted octanol–water partition coefficient (Wildman–Crippen LogP) is 1.59. The first-order chi connectivity index (χ1) is 8.47. The summed E-state index contributed by atoms with van der Waals surface area (Å²) in [4.78, 5) is 26.2. The molecule has 2 N–H and O–H groups in total. The third-order valence-electron chi connectivity index (χ3n) is 3.15. The minimum atomic E-state index is -0.830. The summed E-state index contributed by atoms with van der Waals surface area (Å²) in [6.07, 6.45) is 0. The van der Waals surface area contributed by atoms with E-state index >= 15 is 0 Å². The molecule has 1 fully saturated rings. The predicted molar refractivity (Wildman–Crippen MR) is 68.7 cm³/mol. The Labute approximate surface area is 109 Å². The second-order valence-electron chi connectivity index (χ2n) is 4.55. The molecule has 0 spiro atoms. The van der Waals surface area contributed by atoms with Crippen LogP contribution in [0.3, 0.4) is 0 Å². The molecule has 98 valence electrons. The highest BCUT2D eigenvalue weighted by Crippen LogP contribution is 2.21. The number of nitrogens with one attached hydrogen (secondary N) is 1. The molecule has 0 aliphatic carbocycles. The fourth-order valence-electron chi connectivity index (χ4n) is 1.81. The van der Waals surface area contributed by atoms with E-state index in [4.69, 9.17) is 5.11 Å². The minimum Gasteiger partial charge on any atom is -0.481 e. The van der Waals surface area contributed by atoms with E-state index in [0.717, 1.165) is 4.88 Å². The molecule has 5 nitrogen and oxygen atoms in total. The first kappa shape index (κ1) is 12.9. The molecule has 0 atom stereocenters. The van der Waals surface area contributed by atoms with Gasteiger partial charge < -0.3 is 15.3 Å². The Balaban J connectivity index is 1.78. The Morgan fingerprint density at radius 3 is 2.67 bits per heavy atom. The lowest BCUT2D eigenvalue weighted by Gasteiger charge is -2.36. The van der Waals surface area contributed by atoms with Crippen molar-refractivity contribution in [3.63, 3.8) is 0 Å². The van der Waals surface area contributed by atoms with Gasteiger partial charge in [0.25, 0.3) is 0 Å². The number of nitrogens with zero attached hydrogens (tertiary/aromatic N) is 1. The van der Waals surface area contributed by atoms with Gasteiger partial charge in [0.15, 0.2) is 0 Å². The number of carbonyl (C=O) groups is 2. The normalized spacial score (nSPS) is 15.3. The summed E-state index contributed by atoms with van der Waals surface area (Å²) in [7, 11) is 0. The standard InChI is InChI=1S/C12H16N2O3S/c1-7-3-10(18-8(7)2)4-13-12(17)14-5-9(6-14)11(15)16/h3,9H,4-6H2,1-2H3,(H,13,17)(H,15,16). The SMILES string of the molecule is Cc1cc(CNC(=O)N2CC(C(=O)O)C2)sc1C. The van der Waals surface area contributed by atoms with Crippen molar-refractivity contribution in [1.29, 1.82) is 0 Å². The molecule has 1 aliphatic heterocycles. The Morgan fingerprint density at radius 2 is 2.17 bits per heavy atom. The number of thiophene rings is 1. The smallest absolute Gasteiger partial charge is 0.317 e. The molecule has 0 unspecified atom stereocenters. The molecule has 2 rings (SSSR count). The zero-order valence-corrected chi connectivity index (χ0v) is 11.2. The molecule has 1 saturated heterocycles. The highest BCUT2D eigenvalue weighted by atomic mass is 32.1. The molecular formula is C12H16N2O3S. The molecule has 1 aromatic heterocycles. The monoisotopic (exact) mass is 268 g/mol. The van der Waals surface area contributed by atoms with Crippen LogP contribution in [-0.2, 0) is 11.3 Å². The molecule has 0 radical (unpaired) electrons. The van der Waals surface area contributed by atoms with Crippen LogP contribution in [0.15, 0.2) is 6.07 Å². The van der Waals surface area contributed by atoms with E-state index in [0.29, 0.717) is 19.6 Å². The van der Waals surface area contributed by atoms with Crippen LogP contribution in [0.25, 0.3) is 0 Å². The molecular weight excluding hydrogens is 252 g/mol. The molecule has 0 bridgehead atoms. The summed E-state index contributed by atoms with van der Waals surface area (Å²) < 4.78 is 0. The maximum Gasteiger partial charge on any atom is 0.317 e. The number of urea groups is 1. The van der Waals surface area contributed by atoms with Crippen LogP contribution in [0, 0.1) is 19.8 Å². The number of carboxylic acid groups (broad SMARTS) is 1. The number of amides is 2. The van der Waals surface area contributed by atoms with Crippen LogP contribution in [0.2, 0.25) is 0 Å². The van der Waals surface area contributed by atoms with Gasteiger partial charge in [-0.2, -0.15) is 0 Å². The highest BCUT2D eigenvalue weighted by molar-refractivity contribution is 7.12. The zero-order chi connectivity index (χ0) is 13.3. The van der Waals surface area contributed by atoms with Crippen LogP contribution in [-0.4, -0.2) is 35.1 Å². The van der Waals surface area contributed by atoms with Gasteiger partial charge in [0.2, 0.25) is 0 Å². The molecule has 0 saturated carbocycles. The number of aryl methyl sites for hydroxylation is 2. The van der Waals surface area contributed by atoms with Gasteiger partial charge >= 0.3 is 12.0 Å². The van der Waals surface area contributed by atoms with E-state index in [1.54, 1.807) is 11.3 Å². The second kappa shape index (κ2) is 4.97. The van der Waals surface area contributed by atoms with E-state index in [-0.39, 0.29) is 6.03 Å². The second-order valence-corrected chi connectivity index (χ2v) is 5.89. The maximum absolute atomic E-state index is 11.7. The lowest BCUT2D eigenvalue weighted by atomic mass is 10.0. The average Bonchev–Trinajstić information content (AvgIpc) is 2.53. The quantitative estimate of drug-likeness (QED) is 0.874. The number of likely N-dealkylation sites (tertiary alicyclic amines) is 1. The van der Waals surface area contributed by atoms with Gasteiger partial charge in [-0.05, 0) is 25.5 Å². The number of hydrogen-bond donors (Lipinski definition) is 2. The lowest BCUT2D eigenvalue weighted by molar-refractivity contribution is -0.146. The summed E-state index contributed by atoms with van der Waals surface area (Å²) in [6, 6.07) is 1.88. The Morgan fingerprint density at radius 1 is 1.50 bits per heavy atom. The van der Waals surface area contributed by atoms with Crippen LogP contribution in [0.5, 0.6) is 0 Å². The topological polar surface area (TPSA) is 69.6 Å². The van der Waals surface area contributed by atoms with E-state index < -0.39 is 11.9 Å². The minimum absolute atomic E-state index is 0.184. The molecule has 2 heterocycles. The largest absolute Gasteiger partial charge is 0.481 e. The van der Waals surface area contributed by atoms with Crippen molar-refractivity contribution in [2.24, 2.45) is 5.92 Å². The van der Waals surface area contributed by atoms with Gasteiger partial charge in [0.05, 0.1) is 12.5 Å². The van der Waals surface area contributed by atoms with Crippen molar-refractivity contribution in [2.45, 2.75) is 20.4 Å². The van der Waals surface area contributed by atoms with Crippen molar-refractivity contribution < 1.29 is 14.7 Å². The van der Waals surface area contributed by atoms with E-state index in [2.05, 4.69) is 18.3 Å². The van der Waals surface area contributed by atoms with Gasteiger partial charge in [0.1, 0.15) is 0 Å².